The molecule has 0 radical (unpaired) electrons. The van der Waals surface area contributed by atoms with E-state index in [0.29, 0.717) is 6.54 Å². The number of amides is 1. The highest BCUT2D eigenvalue weighted by atomic mass is 16.6. The van der Waals surface area contributed by atoms with Crippen molar-refractivity contribution in [2.45, 2.75) is 71.4 Å². The molecule has 0 aliphatic carbocycles. The van der Waals surface area contributed by atoms with E-state index in [9.17, 15) is 4.79 Å². The standard InChI is InChI=1S/C19H39N5O2/c1-18(2,3)26-17(25)22-12-10-11-21-16(20-6)23-15-19(4,5)24-13-8-7-9-14-24/h7-15H2,1-6H3,(H,22,25)(H2,20,21,23). The fourth-order valence-electron chi connectivity index (χ4n) is 2.93. The third-order valence-electron chi connectivity index (χ3n) is 4.44. The molecule has 1 heterocycles. The number of rotatable bonds is 7. The van der Waals surface area contributed by atoms with Gasteiger partial charge in [-0.1, -0.05) is 6.42 Å². The SMILES string of the molecule is CN=C(NCCCNC(=O)OC(C)(C)C)NCC(C)(C)N1CCCCC1. The number of piperidine rings is 1. The monoisotopic (exact) mass is 369 g/mol. The van der Waals surface area contributed by atoms with E-state index in [1.807, 2.05) is 20.8 Å². The molecule has 1 fully saturated rings. The van der Waals surface area contributed by atoms with Gasteiger partial charge in [-0.3, -0.25) is 9.89 Å². The Morgan fingerprint density at radius 1 is 1.00 bits per heavy atom. The van der Waals surface area contributed by atoms with E-state index in [1.165, 1.54) is 32.4 Å². The van der Waals surface area contributed by atoms with E-state index in [1.54, 1.807) is 7.05 Å². The molecule has 0 saturated carbocycles. The fourth-order valence-corrected chi connectivity index (χ4v) is 2.93. The molecular weight excluding hydrogens is 330 g/mol. The maximum Gasteiger partial charge on any atom is 0.407 e. The first-order valence-corrected chi connectivity index (χ1v) is 9.80. The van der Waals surface area contributed by atoms with Crippen LogP contribution in [0.3, 0.4) is 0 Å². The molecule has 0 aromatic heterocycles. The van der Waals surface area contributed by atoms with Gasteiger partial charge in [-0.25, -0.2) is 4.79 Å². The van der Waals surface area contributed by atoms with Gasteiger partial charge in [-0.15, -0.1) is 0 Å². The number of hydrogen-bond donors (Lipinski definition) is 3. The van der Waals surface area contributed by atoms with Crippen molar-refractivity contribution in [2.24, 2.45) is 4.99 Å². The summed E-state index contributed by atoms with van der Waals surface area (Å²) in [5.41, 5.74) is -0.355. The van der Waals surface area contributed by atoms with E-state index >= 15 is 0 Å². The normalized spacial score (nSPS) is 16.9. The largest absolute Gasteiger partial charge is 0.444 e. The second-order valence-corrected chi connectivity index (χ2v) is 8.49. The van der Waals surface area contributed by atoms with Crippen LogP contribution in [0.5, 0.6) is 0 Å². The number of likely N-dealkylation sites (tertiary alicyclic amines) is 1. The van der Waals surface area contributed by atoms with Gasteiger partial charge in [-0.05, 0) is 67.0 Å². The summed E-state index contributed by atoms with van der Waals surface area (Å²) in [5.74, 6) is 0.798. The smallest absolute Gasteiger partial charge is 0.407 e. The summed E-state index contributed by atoms with van der Waals surface area (Å²) in [6.07, 6.45) is 4.36. The molecule has 1 saturated heterocycles. The zero-order valence-electron chi connectivity index (χ0n) is 17.6. The minimum Gasteiger partial charge on any atom is -0.444 e. The first-order valence-electron chi connectivity index (χ1n) is 9.80. The molecule has 7 nitrogen and oxygen atoms in total. The van der Waals surface area contributed by atoms with Crippen LogP contribution in [0.15, 0.2) is 4.99 Å². The molecule has 26 heavy (non-hydrogen) atoms. The molecule has 1 amide bonds. The maximum atomic E-state index is 11.6. The van der Waals surface area contributed by atoms with E-state index in [2.05, 4.69) is 39.7 Å². The highest BCUT2D eigenvalue weighted by Gasteiger charge is 2.27. The predicted molar refractivity (Wildman–Crippen MR) is 108 cm³/mol. The molecule has 1 aliphatic heterocycles. The lowest BCUT2D eigenvalue weighted by molar-refractivity contribution is 0.0527. The van der Waals surface area contributed by atoms with Crippen LogP contribution in [0.25, 0.3) is 0 Å². The van der Waals surface area contributed by atoms with Crippen molar-refractivity contribution in [3.8, 4) is 0 Å². The molecule has 0 aromatic carbocycles. The molecule has 0 spiro atoms. The first kappa shape index (κ1) is 22.5. The lowest BCUT2D eigenvalue weighted by atomic mass is 9.98. The van der Waals surface area contributed by atoms with Gasteiger partial charge in [0.1, 0.15) is 5.60 Å². The summed E-state index contributed by atoms with van der Waals surface area (Å²) in [7, 11) is 1.78. The van der Waals surface area contributed by atoms with Gasteiger partial charge in [0, 0.05) is 32.2 Å². The van der Waals surface area contributed by atoms with Crippen LogP contribution in [0.4, 0.5) is 4.79 Å². The fraction of sp³-hybridized carbons (Fsp3) is 0.895. The summed E-state index contributed by atoms with van der Waals surface area (Å²) >= 11 is 0. The second-order valence-electron chi connectivity index (χ2n) is 8.49. The van der Waals surface area contributed by atoms with Gasteiger partial charge in [0.2, 0.25) is 0 Å². The van der Waals surface area contributed by atoms with Gasteiger partial charge in [0.05, 0.1) is 0 Å². The number of alkyl carbamates (subject to hydrolysis) is 1. The zero-order chi connectivity index (χ0) is 19.6. The number of ether oxygens (including phenoxy) is 1. The Bertz CT molecular complexity index is 451. The van der Waals surface area contributed by atoms with Crippen LogP contribution in [-0.4, -0.2) is 67.9 Å². The molecule has 3 N–H and O–H groups in total. The van der Waals surface area contributed by atoms with Gasteiger partial charge in [0.15, 0.2) is 5.96 Å². The second kappa shape index (κ2) is 10.6. The Hall–Kier alpha value is -1.50. The molecule has 0 atom stereocenters. The Labute approximate surface area is 159 Å². The lowest BCUT2D eigenvalue weighted by Crippen LogP contribution is -2.55. The van der Waals surface area contributed by atoms with E-state index in [0.717, 1.165) is 25.5 Å². The van der Waals surface area contributed by atoms with Crippen molar-refractivity contribution >= 4 is 12.1 Å². The number of nitrogens with one attached hydrogen (secondary N) is 3. The van der Waals surface area contributed by atoms with Crippen LogP contribution in [0, 0.1) is 0 Å². The highest BCUT2D eigenvalue weighted by molar-refractivity contribution is 5.79. The highest BCUT2D eigenvalue weighted by Crippen LogP contribution is 2.19. The van der Waals surface area contributed by atoms with Crippen LogP contribution < -0.4 is 16.0 Å². The lowest BCUT2D eigenvalue weighted by Gasteiger charge is -2.41. The molecule has 0 aromatic rings. The van der Waals surface area contributed by atoms with Crippen molar-refractivity contribution < 1.29 is 9.53 Å². The molecule has 152 valence electrons. The summed E-state index contributed by atoms with van der Waals surface area (Å²) < 4.78 is 5.21. The quantitative estimate of drug-likeness (QED) is 0.365. The Morgan fingerprint density at radius 3 is 2.19 bits per heavy atom. The summed E-state index contributed by atoms with van der Waals surface area (Å²) in [4.78, 5) is 18.4. The van der Waals surface area contributed by atoms with Gasteiger partial charge in [0.25, 0.3) is 0 Å². The van der Waals surface area contributed by atoms with Gasteiger partial charge in [-0.2, -0.15) is 0 Å². The summed E-state index contributed by atoms with van der Waals surface area (Å²) in [6.45, 7) is 14.6. The average Bonchev–Trinajstić information content (AvgIpc) is 2.56. The number of guanidine groups is 1. The summed E-state index contributed by atoms with van der Waals surface area (Å²) in [5, 5.41) is 9.48. The van der Waals surface area contributed by atoms with Crippen LogP contribution in [0.2, 0.25) is 0 Å². The van der Waals surface area contributed by atoms with Gasteiger partial charge >= 0.3 is 6.09 Å². The van der Waals surface area contributed by atoms with Crippen molar-refractivity contribution in [3.05, 3.63) is 0 Å². The Kier molecular flexibility index (Phi) is 9.19. The molecule has 0 bridgehead atoms. The van der Waals surface area contributed by atoms with E-state index in [4.69, 9.17) is 4.74 Å². The number of carbonyl (C=O) groups is 1. The van der Waals surface area contributed by atoms with Gasteiger partial charge < -0.3 is 20.7 Å². The number of aliphatic imine (C=N–C) groups is 1. The van der Waals surface area contributed by atoms with Crippen molar-refractivity contribution in [1.29, 1.82) is 0 Å². The number of carbonyl (C=O) groups excluding carboxylic acids is 1. The maximum absolute atomic E-state index is 11.6. The zero-order valence-corrected chi connectivity index (χ0v) is 17.6. The molecule has 1 aliphatic rings. The first-order chi connectivity index (χ1) is 12.1. The predicted octanol–water partition coefficient (Wildman–Crippen LogP) is 2.33. The Morgan fingerprint density at radius 2 is 1.62 bits per heavy atom. The number of nitrogens with zero attached hydrogens (tertiary/aromatic N) is 2. The number of hydrogen-bond acceptors (Lipinski definition) is 4. The van der Waals surface area contributed by atoms with Crippen LogP contribution >= 0.6 is 0 Å². The molecular formula is C19H39N5O2. The Balaban J connectivity index is 2.21. The molecule has 7 heteroatoms. The minimum atomic E-state index is -0.463. The van der Waals surface area contributed by atoms with E-state index in [-0.39, 0.29) is 11.6 Å². The third kappa shape index (κ3) is 9.27. The van der Waals surface area contributed by atoms with Crippen molar-refractivity contribution in [1.82, 2.24) is 20.9 Å². The average molecular weight is 370 g/mol. The van der Waals surface area contributed by atoms with Crippen LogP contribution in [-0.2, 0) is 4.74 Å². The minimum absolute atomic E-state index is 0.107. The summed E-state index contributed by atoms with van der Waals surface area (Å²) in [6, 6.07) is 0. The molecule has 1 rings (SSSR count). The van der Waals surface area contributed by atoms with Crippen LogP contribution in [0.1, 0.15) is 60.3 Å². The van der Waals surface area contributed by atoms with E-state index < -0.39 is 5.60 Å². The van der Waals surface area contributed by atoms with Crippen molar-refractivity contribution in [2.75, 3.05) is 39.8 Å². The van der Waals surface area contributed by atoms with Crippen molar-refractivity contribution in [3.63, 3.8) is 0 Å². The third-order valence-corrected chi connectivity index (χ3v) is 4.44. The topological polar surface area (TPSA) is 78.0 Å². The molecule has 0 unspecified atom stereocenters.